The predicted octanol–water partition coefficient (Wildman–Crippen LogP) is -1.33. The van der Waals surface area contributed by atoms with Gasteiger partial charge in [0.05, 0.1) is 6.54 Å². The quantitative estimate of drug-likeness (QED) is 0.495. The van der Waals surface area contributed by atoms with Crippen LogP contribution in [0.2, 0.25) is 0 Å². The van der Waals surface area contributed by atoms with E-state index in [1.807, 2.05) is 0 Å². The fourth-order valence-corrected chi connectivity index (χ4v) is 1.06. The molecule has 1 aromatic heterocycles. The normalized spacial score (nSPS) is 11.9. The number of nitrogens with zero attached hydrogens (tertiary/aromatic N) is 2. The van der Waals surface area contributed by atoms with Crippen molar-refractivity contribution in [3.63, 3.8) is 0 Å². The molecule has 1 aromatic rings. The van der Waals surface area contributed by atoms with Gasteiger partial charge < -0.3 is 25.4 Å². The summed E-state index contributed by atoms with van der Waals surface area (Å²) in [6, 6.07) is -0.577. The molecule has 0 bridgehead atoms. The Morgan fingerprint density at radius 2 is 2.17 bits per heavy atom. The van der Waals surface area contributed by atoms with Crippen LogP contribution in [-0.4, -0.2) is 51.5 Å². The second-order valence-electron chi connectivity index (χ2n) is 3.48. The number of carbonyl (C=O) groups excluding carboxylic acids is 1. The number of aryl methyl sites for hydroxylation is 1. The zero-order valence-electron chi connectivity index (χ0n) is 9.71. The van der Waals surface area contributed by atoms with Crippen molar-refractivity contribution < 1.29 is 24.3 Å². The van der Waals surface area contributed by atoms with Gasteiger partial charge in [0.1, 0.15) is 0 Å². The number of carboxylic acid groups (broad SMARTS) is 1. The van der Waals surface area contributed by atoms with E-state index in [9.17, 15) is 9.59 Å². The molecule has 2 amide bonds. The van der Waals surface area contributed by atoms with Gasteiger partial charge in [-0.1, -0.05) is 5.16 Å². The van der Waals surface area contributed by atoms with Crippen molar-refractivity contribution in [1.82, 2.24) is 20.8 Å². The van der Waals surface area contributed by atoms with Gasteiger partial charge in [-0.15, -0.1) is 0 Å². The van der Waals surface area contributed by atoms with Crippen LogP contribution in [0.25, 0.3) is 0 Å². The molecule has 0 saturated heterocycles. The van der Waals surface area contributed by atoms with Crippen LogP contribution in [-0.2, 0) is 11.2 Å². The maximum atomic E-state index is 11.2. The highest BCUT2D eigenvalue weighted by atomic mass is 16.5. The van der Waals surface area contributed by atoms with Gasteiger partial charge in [0.25, 0.3) is 0 Å². The van der Waals surface area contributed by atoms with E-state index in [1.54, 1.807) is 6.92 Å². The summed E-state index contributed by atoms with van der Waals surface area (Å²) in [4.78, 5) is 25.4. The molecule has 100 valence electrons. The molecule has 1 heterocycles. The molecular weight excluding hydrogens is 244 g/mol. The Morgan fingerprint density at radius 1 is 1.44 bits per heavy atom. The molecule has 0 radical (unpaired) electrons. The molecule has 0 aliphatic rings. The summed E-state index contributed by atoms with van der Waals surface area (Å²) in [5, 5.41) is 25.5. The van der Waals surface area contributed by atoms with Crippen molar-refractivity contribution in [2.75, 3.05) is 13.1 Å². The smallest absolute Gasteiger partial charge is 0.334 e. The van der Waals surface area contributed by atoms with Gasteiger partial charge in [0.15, 0.2) is 11.9 Å². The summed E-state index contributed by atoms with van der Waals surface area (Å²) in [7, 11) is 0. The van der Waals surface area contributed by atoms with Gasteiger partial charge in [-0.2, -0.15) is 4.98 Å². The molecule has 0 aliphatic carbocycles. The highest BCUT2D eigenvalue weighted by Gasteiger charge is 2.13. The van der Waals surface area contributed by atoms with Crippen molar-refractivity contribution in [3.05, 3.63) is 11.7 Å². The topological polar surface area (TPSA) is 138 Å². The fraction of sp³-hybridized carbons (Fsp3) is 0.556. The van der Waals surface area contributed by atoms with E-state index in [1.165, 1.54) is 0 Å². The molecule has 18 heavy (non-hydrogen) atoms. The van der Waals surface area contributed by atoms with E-state index in [4.69, 9.17) is 14.7 Å². The number of rotatable bonds is 6. The van der Waals surface area contributed by atoms with Gasteiger partial charge in [0.2, 0.25) is 5.89 Å². The standard InChI is InChI=1S/C9H14N4O5/c1-5-12-7(18-13-5)2-3-10-9(17)11-4-6(14)8(15)16/h6,14H,2-4H2,1H3,(H,15,16)(H2,10,11,17)/t6-/m0/s1. The van der Waals surface area contributed by atoms with Crippen LogP contribution in [0.5, 0.6) is 0 Å². The Labute approximate surface area is 102 Å². The third kappa shape index (κ3) is 4.78. The molecule has 1 rings (SSSR count). The monoisotopic (exact) mass is 258 g/mol. The molecule has 0 aromatic carbocycles. The number of aromatic nitrogens is 2. The summed E-state index contributed by atoms with van der Waals surface area (Å²) in [5.41, 5.74) is 0. The zero-order chi connectivity index (χ0) is 13.5. The van der Waals surface area contributed by atoms with E-state index in [2.05, 4.69) is 20.8 Å². The number of amides is 2. The Kier molecular flexibility index (Phi) is 5.06. The number of aliphatic carboxylic acids is 1. The van der Waals surface area contributed by atoms with Gasteiger partial charge in [-0.3, -0.25) is 0 Å². The van der Waals surface area contributed by atoms with E-state index in [0.29, 0.717) is 18.1 Å². The summed E-state index contributed by atoms with van der Waals surface area (Å²) in [6.07, 6.45) is -1.25. The molecule has 0 spiro atoms. The molecule has 0 saturated carbocycles. The van der Waals surface area contributed by atoms with E-state index >= 15 is 0 Å². The van der Waals surface area contributed by atoms with Crippen molar-refractivity contribution in [2.45, 2.75) is 19.4 Å². The Morgan fingerprint density at radius 3 is 2.72 bits per heavy atom. The molecule has 0 unspecified atom stereocenters. The van der Waals surface area contributed by atoms with Crippen LogP contribution in [0, 0.1) is 6.92 Å². The molecule has 1 atom stereocenters. The molecule has 4 N–H and O–H groups in total. The van der Waals surface area contributed by atoms with Crippen LogP contribution < -0.4 is 10.6 Å². The molecule has 9 nitrogen and oxygen atoms in total. The average molecular weight is 258 g/mol. The first-order valence-electron chi connectivity index (χ1n) is 5.21. The highest BCUT2D eigenvalue weighted by Crippen LogP contribution is 1.95. The summed E-state index contributed by atoms with van der Waals surface area (Å²) in [6.45, 7) is 1.58. The fourth-order valence-electron chi connectivity index (χ4n) is 1.06. The maximum Gasteiger partial charge on any atom is 0.334 e. The SMILES string of the molecule is Cc1noc(CCNC(=O)NC[C@H](O)C(=O)O)n1. The number of nitrogens with one attached hydrogen (secondary N) is 2. The lowest BCUT2D eigenvalue weighted by molar-refractivity contribution is -0.146. The summed E-state index contributed by atoms with van der Waals surface area (Å²) in [5.74, 6) is -0.478. The highest BCUT2D eigenvalue weighted by molar-refractivity contribution is 5.76. The van der Waals surface area contributed by atoms with Crippen LogP contribution >= 0.6 is 0 Å². The van der Waals surface area contributed by atoms with Crippen molar-refractivity contribution in [2.24, 2.45) is 0 Å². The first kappa shape index (κ1) is 13.9. The number of carboxylic acids is 1. The number of aliphatic hydroxyl groups is 1. The minimum atomic E-state index is -1.62. The third-order valence-electron chi connectivity index (χ3n) is 1.94. The minimum Gasteiger partial charge on any atom is -0.479 e. The summed E-state index contributed by atoms with van der Waals surface area (Å²) >= 11 is 0. The first-order valence-corrected chi connectivity index (χ1v) is 5.21. The van der Waals surface area contributed by atoms with Gasteiger partial charge in [-0.25, -0.2) is 9.59 Å². The van der Waals surface area contributed by atoms with Crippen molar-refractivity contribution >= 4 is 12.0 Å². The van der Waals surface area contributed by atoms with Crippen LogP contribution in [0.3, 0.4) is 0 Å². The van der Waals surface area contributed by atoms with E-state index in [0.717, 1.165) is 0 Å². The number of carbonyl (C=O) groups is 2. The lowest BCUT2D eigenvalue weighted by Gasteiger charge is -2.08. The largest absolute Gasteiger partial charge is 0.479 e. The lowest BCUT2D eigenvalue weighted by atomic mass is 10.3. The molecule has 0 aliphatic heterocycles. The molecular formula is C9H14N4O5. The minimum absolute atomic E-state index is 0.261. The molecule has 9 heteroatoms. The average Bonchev–Trinajstić information content (AvgIpc) is 2.71. The Balaban J connectivity index is 2.15. The lowest BCUT2D eigenvalue weighted by Crippen LogP contribution is -2.42. The second-order valence-corrected chi connectivity index (χ2v) is 3.48. The number of hydrogen-bond acceptors (Lipinski definition) is 6. The maximum absolute atomic E-state index is 11.2. The first-order chi connectivity index (χ1) is 8.49. The third-order valence-corrected chi connectivity index (χ3v) is 1.94. The number of urea groups is 1. The Hall–Kier alpha value is -2.16. The summed E-state index contributed by atoms with van der Waals surface area (Å²) < 4.78 is 4.83. The van der Waals surface area contributed by atoms with Gasteiger partial charge >= 0.3 is 12.0 Å². The second kappa shape index (κ2) is 6.55. The van der Waals surface area contributed by atoms with Crippen LogP contribution in [0.4, 0.5) is 4.79 Å². The number of aliphatic hydroxyl groups excluding tert-OH is 1. The van der Waals surface area contributed by atoms with Crippen molar-refractivity contribution in [1.29, 1.82) is 0 Å². The van der Waals surface area contributed by atoms with Gasteiger partial charge in [-0.05, 0) is 6.92 Å². The van der Waals surface area contributed by atoms with Crippen molar-refractivity contribution in [3.8, 4) is 0 Å². The molecule has 0 fully saturated rings. The Bertz CT molecular complexity index is 419. The zero-order valence-corrected chi connectivity index (χ0v) is 9.71. The van der Waals surface area contributed by atoms with Gasteiger partial charge in [0, 0.05) is 13.0 Å². The van der Waals surface area contributed by atoms with Crippen LogP contribution in [0.1, 0.15) is 11.7 Å². The van der Waals surface area contributed by atoms with Crippen LogP contribution in [0.15, 0.2) is 4.52 Å². The predicted molar refractivity (Wildman–Crippen MR) is 57.8 cm³/mol. The van der Waals surface area contributed by atoms with E-state index < -0.39 is 18.1 Å². The number of hydrogen-bond donors (Lipinski definition) is 4. The van der Waals surface area contributed by atoms with E-state index in [-0.39, 0.29) is 13.1 Å².